The minimum absolute atomic E-state index is 0.131. The van der Waals surface area contributed by atoms with Gasteiger partial charge in [-0.15, -0.1) is 0 Å². The zero-order chi connectivity index (χ0) is 14.1. The van der Waals surface area contributed by atoms with Gasteiger partial charge in [0.15, 0.2) is 0 Å². The van der Waals surface area contributed by atoms with E-state index in [0.29, 0.717) is 6.54 Å². The normalized spacial score (nSPS) is 18.1. The highest BCUT2D eigenvalue weighted by atomic mass is 35.5. The van der Waals surface area contributed by atoms with Crippen LogP contribution in [0.2, 0.25) is 5.02 Å². The SMILES string of the molecule is CCC1(NS(=O)(=O)c2ccc(CN)cc2Cl)CCC1. The molecule has 1 aromatic rings. The van der Waals surface area contributed by atoms with E-state index in [1.54, 1.807) is 12.1 Å². The number of hydrogen-bond donors (Lipinski definition) is 2. The van der Waals surface area contributed by atoms with Gasteiger partial charge in [-0.05, 0) is 43.4 Å². The summed E-state index contributed by atoms with van der Waals surface area (Å²) in [7, 11) is -3.57. The summed E-state index contributed by atoms with van der Waals surface area (Å²) in [6, 6.07) is 4.82. The van der Waals surface area contributed by atoms with Crippen LogP contribution in [0.25, 0.3) is 0 Å². The summed E-state index contributed by atoms with van der Waals surface area (Å²) in [5.74, 6) is 0. The van der Waals surface area contributed by atoms with Gasteiger partial charge in [-0.3, -0.25) is 0 Å². The molecule has 0 heterocycles. The molecule has 1 fully saturated rings. The molecule has 0 spiro atoms. The molecule has 19 heavy (non-hydrogen) atoms. The van der Waals surface area contributed by atoms with Gasteiger partial charge in [0, 0.05) is 12.1 Å². The topological polar surface area (TPSA) is 72.2 Å². The van der Waals surface area contributed by atoms with Crippen LogP contribution in [-0.4, -0.2) is 14.0 Å². The summed E-state index contributed by atoms with van der Waals surface area (Å²) in [4.78, 5) is 0.131. The Bertz CT molecular complexity index is 562. The van der Waals surface area contributed by atoms with Gasteiger partial charge in [0.25, 0.3) is 0 Å². The Morgan fingerprint density at radius 1 is 1.42 bits per heavy atom. The predicted molar refractivity (Wildman–Crippen MR) is 76.5 cm³/mol. The Balaban J connectivity index is 2.29. The monoisotopic (exact) mass is 302 g/mol. The molecular formula is C13H19ClN2O2S. The summed E-state index contributed by atoms with van der Waals surface area (Å²) in [5.41, 5.74) is 6.04. The third-order valence-electron chi connectivity index (χ3n) is 3.86. The molecule has 0 unspecified atom stereocenters. The molecule has 0 amide bonds. The summed E-state index contributed by atoms with van der Waals surface area (Å²) < 4.78 is 27.6. The molecule has 106 valence electrons. The summed E-state index contributed by atoms with van der Waals surface area (Å²) in [5, 5.41) is 0.223. The van der Waals surface area contributed by atoms with E-state index in [0.717, 1.165) is 31.2 Å². The minimum Gasteiger partial charge on any atom is -0.326 e. The molecule has 0 aliphatic heterocycles. The van der Waals surface area contributed by atoms with Crippen molar-refractivity contribution in [2.24, 2.45) is 5.73 Å². The maximum atomic E-state index is 12.4. The lowest BCUT2D eigenvalue weighted by Gasteiger charge is -2.41. The molecule has 0 bridgehead atoms. The summed E-state index contributed by atoms with van der Waals surface area (Å²) in [6.07, 6.45) is 3.64. The van der Waals surface area contributed by atoms with Crippen LogP contribution < -0.4 is 10.5 Å². The van der Waals surface area contributed by atoms with Crippen LogP contribution in [0, 0.1) is 0 Å². The Morgan fingerprint density at radius 2 is 2.11 bits per heavy atom. The number of nitrogens with two attached hydrogens (primary N) is 1. The lowest BCUT2D eigenvalue weighted by atomic mass is 9.76. The molecule has 4 nitrogen and oxygen atoms in total. The van der Waals surface area contributed by atoms with Crippen LogP contribution in [-0.2, 0) is 16.6 Å². The first-order valence-corrected chi connectivity index (χ1v) is 8.31. The molecule has 0 atom stereocenters. The van der Waals surface area contributed by atoms with Crippen molar-refractivity contribution in [2.45, 2.75) is 49.6 Å². The second-order valence-corrected chi connectivity index (χ2v) is 7.12. The van der Waals surface area contributed by atoms with Crippen molar-refractivity contribution in [3.8, 4) is 0 Å². The van der Waals surface area contributed by atoms with E-state index in [2.05, 4.69) is 4.72 Å². The van der Waals surface area contributed by atoms with Gasteiger partial charge in [-0.1, -0.05) is 24.6 Å². The number of sulfonamides is 1. The summed E-state index contributed by atoms with van der Waals surface area (Å²) in [6.45, 7) is 2.34. The van der Waals surface area contributed by atoms with E-state index < -0.39 is 10.0 Å². The van der Waals surface area contributed by atoms with E-state index >= 15 is 0 Å². The van der Waals surface area contributed by atoms with Crippen LogP contribution in [0.15, 0.2) is 23.1 Å². The molecule has 3 N–H and O–H groups in total. The molecule has 0 aromatic heterocycles. The molecule has 0 saturated heterocycles. The van der Waals surface area contributed by atoms with Gasteiger partial charge < -0.3 is 5.73 Å². The van der Waals surface area contributed by atoms with Crippen molar-refractivity contribution < 1.29 is 8.42 Å². The van der Waals surface area contributed by atoms with Crippen molar-refractivity contribution in [3.05, 3.63) is 28.8 Å². The van der Waals surface area contributed by atoms with Crippen molar-refractivity contribution in [3.63, 3.8) is 0 Å². The van der Waals surface area contributed by atoms with Gasteiger partial charge >= 0.3 is 0 Å². The number of rotatable bonds is 5. The molecule has 2 rings (SSSR count). The Morgan fingerprint density at radius 3 is 2.53 bits per heavy atom. The molecule has 1 saturated carbocycles. The zero-order valence-corrected chi connectivity index (χ0v) is 12.5. The predicted octanol–water partition coefficient (Wildman–Crippen LogP) is 2.41. The average Bonchev–Trinajstić information content (AvgIpc) is 2.33. The lowest BCUT2D eigenvalue weighted by molar-refractivity contribution is 0.214. The van der Waals surface area contributed by atoms with Crippen LogP contribution >= 0.6 is 11.6 Å². The number of benzene rings is 1. The number of hydrogen-bond acceptors (Lipinski definition) is 3. The van der Waals surface area contributed by atoms with E-state index in [4.69, 9.17) is 17.3 Å². The Hall–Kier alpha value is -0.620. The molecule has 0 radical (unpaired) electrons. The van der Waals surface area contributed by atoms with Gasteiger partial charge in [0.05, 0.1) is 5.02 Å². The fraction of sp³-hybridized carbons (Fsp3) is 0.538. The van der Waals surface area contributed by atoms with Crippen LogP contribution in [0.4, 0.5) is 0 Å². The second kappa shape index (κ2) is 5.40. The van der Waals surface area contributed by atoms with Gasteiger partial charge in [0.1, 0.15) is 4.90 Å². The molecular weight excluding hydrogens is 284 g/mol. The molecule has 1 aromatic carbocycles. The lowest BCUT2D eigenvalue weighted by Crippen LogP contribution is -2.52. The fourth-order valence-electron chi connectivity index (χ4n) is 2.36. The van der Waals surface area contributed by atoms with Crippen molar-refractivity contribution in [2.75, 3.05) is 0 Å². The number of halogens is 1. The first-order valence-electron chi connectivity index (χ1n) is 6.45. The Kier molecular flexibility index (Phi) is 4.20. The smallest absolute Gasteiger partial charge is 0.242 e. The second-order valence-electron chi connectivity index (χ2n) is 5.06. The number of nitrogens with one attached hydrogen (secondary N) is 1. The highest BCUT2D eigenvalue weighted by molar-refractivity contribution is 7.89. The standard InChI is InChI=1S/C13H19ClN2O2S/c1-2-13(6-3-7-13)16-19(17,18)12-5-4-10(9-15)8-11(12)14/h4-5,8,16H,2-3,6-7,9,15H2,1H3. The Labute approximate surface area is 119 Å². The highest BCUT2D eigenvalue weighted by Crippen LogP contribution is 2.36. The highest BCUT2D eigenvalue weighted by Gasteiger charge is 2.39. The van der Waals surface area contributed by atoms with Crippen molar-refractivity contribution in [1.29, 1.82) is 0 Å². The minimum atomic E-state index is -3.57. The molecule has 1 aliphatic rings. The largest absolute Gasteiger partial charge is 0.326 e. The van der Waals surface area contributed by atoms with Gasteiger partial charge in [0.2, 0.25) is 10.0 Å². The van der Waals surface area contributed by atoms with E-state index in [1.807, 2.05) is 6.92 Å². The van der Waals surface area contributed by atoms with Crippen molar-refractivity contribution >= 4 is 21.6 Å². The quantitative estimate of drug-likeness (QED) is 0.877. The first-order chi connectivity index (χ1) is 8.92. The maximum Gasteiger partial charge on any atom is 0.242 e. The zero-order valence-electron chi connectivity index (χ0n) is 10.9. The van der Waals surface area contributed by atoms with E-state index in [9.17, 15) is 8.42 Å². The average molecular weight is 303 g/mol. The van der Waals surface area contributed by atoms with Crippen molar-refractivity contribution in [1.82, 2.24) is 4.72 Å². The van der Waals surface area contributed by atoms with Gasteiger partial charge in [-0.25, -0.2) is 13.1 Å². The fourth-order valence-corrected chi connectivity index (χ4v) is 4.46. The maximum absolute atomic E-state index is 12.4. The first kappa shape index (κ1) is 14.8. The third kappa shape index (κ3) is 2.94. The molecule has 1 aliphatic carbocycles. The van der Waals surface area contributed by atoms with Crippen LogP contribution in [0.3, 0.4) is 0 Å². The molecule has 6 heteroatoms. The van der Waals surface area contributed by atoms with E-state index in [1.165, 1.54) is 6.07 Å². The summed E-state index contributed by atoms with van der Waals surface area (Å²) >= 11 is 6.05. The van der Waals surface area contributed by atoms with Crippen LogP contribution in [0.5, 0.6) is 0 Å². The third-order valence-corrected chi connectivity index (χ3v) is 5.92. The van der Waals surface area contributed by atoms with E-state index in [-0.39, 0.29) is 15.5 Å². The van der Waals surface area contributed by atoms with Gasteiger partial charge in [-0.2, -0.15) is 0 Å². The van der Waals surface area contributed by atoms with Crippen LogP contribution in [0.1, 0.15) is 38.2 Å².